The zero-order chi connectivity index (χ0) is 10.7. The number of hydrogen-bond acceptors (Lipinski definition) is 3. The molecular weight excluding hydrogens is 272 g/mol. The largest absolute Gasteiger partial charge is 0.369 e. The first-order chi connectivity index (χ1) is 7.24. The molecule has 1 N–H and O–H groups in total. The molecule has 2 nitrogen and oxygen atoms in total. The van der Waals surface area contributed by atoms with Crippen LogP contribution in [0.5, 0.6) is 0 Å². The van der Waals surface area contributed by atoms with Gasteiger partial charge >= 0.3 is 0 Å². The molecule has 0 spiro atoms. The molecule has 0 saturated heterocycles. The zero-order valence-electron chi connectivity index (χ0n) is 8.79. The third-order valence-electron chi connectivity index (χ3n) is 3.02. The lowest BCUT2D eigenvalue weighted by Gasteiger charge is -2.40. The molecule has 15 heavy (non-hydrogen) atoms. The van der Waals surface area contributed by atoms with Crippen LogP contribution in [0.3, 0.4) is 0 Å². The minimum absolute atomic E-state index is 0.467. The van der Waals surface area contributed by atoms with E-state index in [0.717, 1.165) is 16.8 Å². The first-order valence-electron chi connectivity index (χ1n) is 5.15. The highest BCUT2D eigenvalue weighted by Gasteiger charge is 2.35. The van der Waals surface area contributed by atoms with Gasteiger partial charge in [-0.1, -0.05) is 6.42 Å². The van der Waals surface area contributed by atoms with E-state index >= 15 is 0 Å². The van der Waals surface area contributed by atoms with E-state index in [4.69, 9.17) is 0 Å². The van der Waals surface area contributed by atoms with Crippen LogP contribution in [0.25, 0.3) is 0 Å². The summed E-state index contributed by atoms with van der Waals surface area (Å²) in [7, 11) is 0. The lowest BCUT2D eigenvalue weighted by molar-refractivity contribution is 0.379. The topological polar surface area (TPSA) is 24.9 Å². The molecule has 0 aromatic carbocycles. The van der Waals surface area contributed by atoms with Crippen molar-refractivity contribution in [2.45, 2.75) is 24.0 Å². The van der Waals surface area contributed by atoms with E-state index in [1.165, 1.54) is 19.3 Å². The van der Waals surface area contributed by atoms with Crippen LogP contribution < -0.4 is 5.32 Å². The number of aromatic nitrogens is 1. The Hall–Kier alpha value is -0.220. The maximum Gasteiger partial charge on any atom is 0.126 e. The Bertz CT molecular complexity index is 316. The van der Waals surface area contributed by atoms with Gasteiger partial charge in [-0.25, -0.2) is 4.98 Å². The summed E-state index contributed by atoms with van der Waals surface area (Å²) in [5.41, 5.74) is 0. The quantitative estimate of drug-likeness (QED) is 0.916. The van der Waals surface area contributed by atoms with Gasteiger partial charge < -0.3 is 5.32 Å². The minimum atomic E-state index is 0.467. The van der Waals surface area contributed by atoms with Crippen LogP contribution in [0.2, 0.25) is 0 Å². The molecule has 0 amide bonds. The number of nitrogens with one attached hydrogen (secondary N) is 1. The van der Waals surface area contributed by atoms with E-state index in [1.807, 2.05) is 30.1 Å². The number of thioether (sulfide) groups is 1. The second-order valence-corrected chi connectivity index (χ2v) is 6.15. The molecule has 2 rings (SSSR count). The monoisotopic (exact) mass is 286 g/mol. The SMILES string of the molecule is CSC1(CNc2ccc(Br)cn2)CCC1. The van der Waals surface area contributed by atoms with Crippen molar-refractivity contribution in [2.24, 2.45) is 0 Å². The summed E-state index contributed by atoms with van der Waals surface area (Å²) in [6.45, 7) is 1.03. The summed E-state index contributed by atoms with van der Waals surface area (Å²) >= 11 is 5.36. The standard InChI is InChI=1S/C11H15BrN2S/c1-15-11(5-2-6-11)8-14-10-4-3-9(12)7-13-10/h3-4,7H,2,5-6,8H2,1H3,(H,13,14). The van der Waals surface area contributed by atoms with Gasteiger partial charge in [0.15, 0.2) is 0 Å². The van der Waals surface area contributed by atoms with Crippen molar-refractivity contribution >= 4 is 33.5 Å². The molecule has 1 heterocycles. The smallest absolute Gasteiger partial charge is 0.126 e. The van der Waals surface area contributed by atoms with E-state index in [0.29, 0.717) is 4.75 Å². The van der Waals surface area contributed by atoms with Crippen molar-refractivity contribution in [3.63, 3.8) is 0 Å². The molecule has 0 radical (unpaired) electrons. The third kappa shape index (κ3) is 2.67. The van der Waals surface area contributed by atoms with Gasteiger partial charge in [0, 0.05) is 22.0 Å². The highest BCUT2D eigenvalue weighted by Crippen LogP contribution is 2.42. The van der Waals surface area contributed by atoms with Gasteiger partial charge in [-0.2, -0.15) is 11.8 Å². The van der Waals surface area contributed by atoms with Crippen molar-refractivity contribution in [1.82, 2.24) is 4.98 Å². The predicted molar refractivity (Wildman–Crippen MR) is 70.5 cm³/mol. The van der Waals surface area contributed by atoms with Crippen LogP contribution in [-0.4, -0.2) is 22.5 Å². The molecule has 0 unspecified atom stereocenters. The highest BCUT2D eigenvalue weighted by atomic mass is 79.9. The molecule has 1 aromatic heterocycles. The van der Waals surface area contributed by atoms with Crippen molar-refractivity contribution in [3.05, 3.63) is 22.8 Å². The van der Waals surface area contributed by atoms with E-state index in [2.05, 4.69) is 32.5 Å². The van der Waals surface area contributed by atoms with E-state index in [1.54, 1.807) is 0 Å². The van der Waals surface area contributed by atoms with Crippen molar-refractivity contribution in [3.8, 4) is 0 Å². The lowest BCUT2D eigenvalue weighted by Crippen LogP contribution is -2.40. The van der Waals surface area contributed by atoms with Gasteiger partial charge in [0.25, 0.3) is 0 Å². The Morgan fingerprint density at radius 2 is 2.33 bits per heavy atom. The van der Waals surface area contributed by atoms with Crippen molar-refractivity contribution in [2.75, 3.05) is 18.1 Å². The molecule has 1 aliphatic carbocycles. The Morgan fingerprint density at radius 1 is 1.53 bits per heavy atom. The summed E-state index contributed by atoms with van der Waals surface area (Å²) in [6, 6.07) is 4.03. The highest BCUT2D eigenvalue weighted by molar-refractivity contribution is 9.10. The average Bonchev–Trinajstić information content (AvgIpc) is 2.20. The fraction of sp³-hybridized carbons (Fsp3) is 0.545. The molecule has 0 atom stereocenters. The summed E-state index contributed by atoms with van der Waals surface area (Å²) in [5, 5.41) is 3.41. The third-order valence-corrected chi connectivity index (χ3v) is 4.90. The van der Waals surface area contributed by atoms with Crippen LogP contribution >= 0.6 is 27.7 Å². The van der Waals surface area contributed by atoms with Crippen LogP contribution in [0.1, 0.15) is 19.3 Å². The Kier molecular flexibility index (Phi) is 3.57. The van der Waals surface area contributed by atoms with E-state index < -0.39 is 0 Å². The summed E-state index contributed by atoms with van der Waals surface area (Å²) < 4.78 is 1.49. The maximum absolute atomic E-state index is 4.31. The van der Waals surface area contributed by atoms with Crippen molar-refractivity contribution < 1.29 is 0 Å². The predicted octanol–water partition coefficient (Wildman–Crippen LogP) is 3.54. The zero-order valence-corrected chi connectivity index (χ0v) is 11.2. The molecule has 0 bridgehead atoms. The number of hydrogen-bond donors (Lipinski definition) is 1. The minimum Gasteiger partial charge on any atom is -0.369 e. The number of pyridine rings is 1. The first kappa shape index (κ1) is 11.3. The van der Waals surface area contributed by atoms with Gasteiger partial charge in [0.1, 0.15) is 5.82 Å². The molecule has 82 valence electrons. The van der Waals surface area contributed by atoms with E-state index in [-0.39, 0.29) is 0 Å². The number of anilines is 1. The molecule has 4 heteroatoms. The maximum atomic E-state index is 4.31. The lowest BCUT2D eigenvalue weighted by atomic mass is 9.84. The summed E-state index contributed by atoms with van der Waals surface area (Å²) in [6.07, 6.45) is 8.07. The van der Waals surface area contributed by atoms with Crippen LogP contribution in [0.4, 0.5) is 5.82 Å². The van der Waals surface area contributed by atoms with Gasteiger partial charge in [0.05, 0.1) is 0 Å². The Morgan fingerprint density at radius 3 is 2.80 bits per heavy atom. The van der Waals surface area contributed by atoms with Gasteiger partial charge in [-0.05, 0) is 47.2 Å². The number of rotatable bonds is 4. The molecule has 0 aliphatic heterocycles. The number of nitrogens with zero attached hydrogens (tertiary/aromatic N) is 1. The Labute approximate surface area is 103 Å². The summed E-state index contributed by atoms with van der Waals surface area (Å²) in [5.74, 6) is 0.971. The normalized spacial score (nSPS) is 18.3. The number of halogens is 1. The average molecular weight is 287 g/mol. The van der Waals surface area contributed by atoms with Gasteiger partial charge in [-0.15, -0.1) is 0 Å². The molecule has 1 saturated carbocycles. The van der Waals surface area contributed by atoms with Gasteiger partial charge in [0.2, 0.25) is 0 Å². The second-order valence-electron chi connectivity index (χ2n) is 3.96. The Balaban J connectivity index is 1.90. The fourth-order valence-electron chi connectivity index (χ4n) is 1.76. The molecular formula is C11H15BrN2S. The molecule has 1 fully saturated rings. The van der Waals surface area contributed by atoms with E-state index in [9.17, 15) is 0 Å². The summed E-state index contributed by atoms with van der Waals surface area (Å²) in [4.78, 5) is 4.31. The van der Waals surface area contributed by atoms with Crippen LogP contribution in [0, 0.1) is 0 Å². The van der Waals surface area contributed by atoms with Crippen LogP contribution in [-0.2, 0) is 0 Å². The van der Waals surface area contributed by atoms with Gasteiger partial charge in [-0.3, -0.25) is 0 Å². The fourth-order valence-corrected chi connectivity index (χ4v) is 2.90. The van der Waals surface area contributed by atoms with Crippen molar-refractivity contribution in [1.29, 1.82) is 0 Å². The van der Waals surface area contributed by atoms with Crippen LogP contribution in [0.15, 0.2) is 22.8 Å². The first-order valence-corrected chi connectivity index (χ1v) is 7.16. The second kappa shape index (κ2) is 4.74. The molecule has 1 aliphatic rings. The molecule has 1 aromatic rings.